The van der Waals surface area contributed by atoms with E-state index in [1.807, 2.05) is 30.3 Å². The van der Waals surface area contributed by atoms with Crippen LogP contribution in [0.3, 0.4) is 0 Å². The molecule has 0 aliphatic heterocycles. The number of esters is 1. The van der Waals surface area contributed by atoms with Crippen molar-refractivity contribution in [1.29, 1.82) is 0 Å². The second-order valence-electron chi connectivity index (χ2n) is 3.11. The van der Waals surface area contributed by atoms with Crippen molar-refractivity contribution in [3.05, 3.63) is 42.0 Å². The number of carboxylic acid groups (broad SMARTS) is 1. The van der Waals surface area contributed by atoms with Gasteiger partial charge in [-0.25, -0.2) is 0 Å². The fourth-order valence-electron chi connectivity index (χ4n) is 1.16. The highest BCUT2D eigenvalue weighted by Crippen LogP contribution is 2.07. The number of carbonyl (C=O) groups is 2. The molecule has 0 saturated heterocycles. The lowest BCUT2D eigenvalue weighted by Crippen LogP contribution is -2.22. The van der Waals surface area contributed by atoms with Gasteiger partial charge in [0.1, 0.15) is 0 Å². The molecule has 1 aromatic rings. The van der Waals surface area contributed by atoms with Crippen LogP contribution in [0.5, 0.6) is 0 Å². The Kier molecular flexibility index (Phi) is 4.27. The van der Waals surface area contributed by atoms with Gasteiger partial charge in [-0.15, -0.1) is 0 Å². The summed E-state index contributed by atoms with van der Waals surface area (Å²) in [7, 11) is 1.16. The van der Waals surface area contributed by atoms with Crippen molar-refractivity contribution >= 4 is 18.0 Å². The second-order valence-corrected chi connectivity index (χ2v) is 3.11. The van der Waals surface area contributed by atoms with Crippen LogP contribution in [0.25, 0.3) is 6.08 Å². The van der Waals surface area contributed by atoms with Crippen molar-refractivity contribution < 1.29 is 19.4 Å². The van der Waals surface area contributed by atoms with Gasteiger partial charge in [0.05, 0.1) is 7.11 Å². The average molecular weight is 220 g/mol. The Hall–Kier alpha value is -2.10. The Morgan fingerprint density at radius 3 is 2.44 bits per heavy atom. The predicted octanol–water partition coefficient (Wildman–Crippen LogP) is 1.57. The molecule has 0 aliphatic carbocycles. The second kappa shape index (κ2) is 5.70. The third-order valence-corrected chi connectivity index (χ3v) is 2.00. The number of methoxy groups -OCH3 is 1. The molecule has 0 spiro atoms. The molecule has 0 amide bonds. The Morgan fingerprint density at radius 1 is 1.31 bits per heavy atom. The molecule has 0 aromatic heterocycles. The Balaban J connectivity index is 2.80. The molecule has 0 unspecified atom stereocenters. The summed E-state index contributed by atoms with van der Waals surface area (Å²) in [5.41, 5.74) is 0.831. The zero-order chi connectivity index (χ0) is 12.0. The predicted molar refractivity (Wildman–Crippen MR) is 58.6 cm³/mol. The maximum Gasteiger partial charge on any atom is 0.323 e. The first kappa shape index (κ1) is 12.0. The van der Waals surface area contributed by atoms with E-state index >= 15 is 0 Å². The van der Waals surface area contributed by atoms with Gasteiger partial charge in [0.15, 0.2) is 5.92 Å². The molecule has 1 N–H and O–H groups in total. The van der Waals surface area contributed by atoms with Crippen molar-refractivity contribution in [2.45, 2.75) is 0 Å². The number of hydrogen-bond donors (Lipinski definition) is 1. The van der Waals surface area contributed by atoms with Crippen molar-refractivity contribution in [3.63, 3.8) is 0 Å². The van der Waals surface area contributed by atoms with Crippen LogP contribution < -0.4 is 0 Å². The van der Waals surface area contributed by atoms with Crippen LogP contribution in [0.2, 0.25) is 0 Å². The van der Waals surface area contributed by atoms with Crippen molar-refractivity contribution in [3.8, 4) is 0 Å². The van der Waals surface area contributed by atoms with E-state index in [0.29, 0.717) is 0 Å². The SMILES string of the molecule is COC(=O)[C@H](/C=C/c1ccccc1)C(=O)O. The van der Waals surface area contributed by atoms with Crippen LogP contribution >= 0.6 is 0 Å². The highest BCUT2D eigenvalue weighted by molar-refractivity contribution is 5.96. The maximum atomic E-state index is 11.1. The smallest absolute Gasteiger partial charge is 0.323 e. The van der Waals surface area contributed by atoms with Crippen molar-refractivity contribution in [2.24, 2.45) is 5.92 Å². The molecule has 1 aromatic carbocycles. The number of hydrogen-bond acceptors (Lipinski definition) is 3. The molecule has 0 heterocycles. The zero-order valence-corrected chi connectivity index (χ0v) is 8.79. The van der Waals surface area contributed by atoms with Gasteiger partial charge >= 0.3 is 11.9 Å². The molecule has 0 saturated carbocycles. The lowest BCUT2D eigenvalue weighted by atomic mass is 10.1. The van der Waals surface area contributed by atoms with E-state index in [9.17, 15) is 9.59 Å². The fourth-order valence-corrected chi connectivity index (χ4v) is 1.16. The van der Waals surface area contributed by atoms with E-state index in [0.717, 1.165) is 12.7 Å². The first-order chi connectivity index (χ1) is 7.65. The molecule has 0 bridgehead atoms. The highest BCUT2D eigenvalue weighted by Gasteiger charge is 2.23. The topological polar surface area (TPSA) is 63.6 Å². The van der Waals surface area contributed by atoms with E-state index < -0.39 is 17.9 Å². The Bertz CT molecular complexity index is 395. The van der Waals surface area contributed by atoms with Gasteiger partial charge in [0, 0.05) is 0 Å². The lowest BCUT2D eigenvalue weighted by molar-refractivity contribution is -0.154. The van der Waals surface area contributed by atoms with Gasteiger partial charge in [-0.1, -0.05) is 42.5 Å². The molecule has 1 rings (SSSR count). The summed E-state index contributed by atoms with van der Waals surface area (Å²) >= 11 is 0. The molecule has 1 atom stereocenters. The number of ether oxygens (including phenoxy) is 1. The molecular weight excluding hydrogens is 208 g/mol. The number of rotatable bonds is 4. The van der Waals surface area contributed by atoms with Gasteiger partial charge in [0.2, 0.25) is 0 Å². The number of carboxylic acids is 1. The lowest BCUT2D eigenvalue weighted by Gasteiger charge is -2.04. The van der Waals surface area contributed by atoms with E-state index in [-0.39, 0.29) is 0 Å². The highest BCUT2D eigenvalue weighted by atomic mass is 16.5. The molecular formula is C12H12O4. The molecule has 0 radical (unpaired) electrons. The summed E-state index contributed by atoms with van der Waals surface area (Å²) in [4.78, 5) is 21.9. The zero-order valence-electron chi connectivity index (χ0n) is 8.79. The summed E-state index contributed by atoms with van der Waals surface area (Å²) in [5, 5.41) is 8.80. The van der Waals surface area contributed by atoms with Gasteiger partial charge in [0.25, 0.3) is 0 Å². The number of benzene rings is 1. The quantitative estimate of drug-likeness (QED) is 0.618. The summed E-state index contributed by atoms with van der Waals surface area (Å²) in [6.07, 6.45) is 2.89. The standard InChI is InChI=1S/C12H12O4/c1-16-12(15)10(11(13)14)8-7-9-5-3-2-4-6-9/h2-8,10H,1H3,(H,13,14)/b8-7+/t10-/m1/s1. The number of aliphatic carboxylic acids is 1. The Morgan fingerprint density at radius 2 is 1.94 bits per heavy atom. The first-order valence-electron chi connectivity index (χ1n) is 4.69. The first-order valence-corrected chi connectivity index (χ1v) is 4.69. The monoisotopic (exact) mass is 220 g/mol. The van der Waals surface area contributed by atoms with Gasteiger partial charge in [-0.2, -0.15) is 0 Å². The van der Waals surface area contributed by atoms with Crippen LogP contribution in [0.4, 0.5) is 0 Å². The minimum atomic E-state index is -1.26. The van der Waals surface area contributed by atoms with Crippen LogP contribution in [-0.2, 0) is 14.3 Å². The fraction of sp³-hybridized carbons (Fsp3) is 0.167. The molecule has 84 valence electrons. The minimum absolute atomic E-state index is 0.778. The molecule has 4 nitrogen and oxygen atoms in total. The average Bonchev–Trinajstić information content (AvgIpc) is 2.30. The van der Waals surface area contributed by atoms with E-state index in [1.54, 1.807) is 6.08 Å². The van der Waals surface area contributed by atoms with Crippen LogP contribution in [0.15, 0.2) is 36.4 Å². The summed E-state index contributed by atoms with van der Waals surface area (Å²) in [6, 6.07) is 9.13. The maximum absolute atomic E-state index is 11.1. The molecule has 0 fully saturated rings. The number of carbonyl (C=O) groups excluding carboxylic acids is 1. The molecule has 0 aliphatic rings. The van der Waals surface area contributed by atoms with Gasteiger partial charge < -0.3 is 9.84 Å². The third kappa shape index (κ3) is 3.24. The van der Waals surface area contributed by atoms with E-state index in [2.05, 4.69) is 4.74 Å². The van der Waals surface area contributed by atoms with Gasteiger partial charge in [-0.3, -0.25) is 9.59 Å². The van der Waals surface area contributed by atoms with Crippen molar-refractivity contribution in [2.75, 3.05) is 7.11 Å². The normalized spacial score (nSPS) is 12.3. The van der Waals surface area contributed by atoms with Gasteiger partial charge in [-0.05, 0) is 5.56 Å². The summed E-state index contributed by atoms with van der Waals surface area (Å²) in [6.45, 7) is 0. The van der Waals surface area contributed by atoms with Crippen LogP contribution in [0.1, 0.15) is 5.56 Å². The van der Waals surface area contributed by atoms with Crippen molar-refractivity contribution in [1.82, 2.24) is 0 Å². The minimum Gasteiger partial charge on any atom is -0.480 e. The summed E-state index contributed by atoms with van der Waals surface area (Å²) < 4.78 is 4.39. The largest absolute Gasteiger partial charge is 0.480 e. The van der Waals surface area contributed by atoms with E-state index in [1.165, 1.54) is 6.08 Å². The van der Waals surface area contributed by atoms with E-state index in [4.69, 9.17) is 5.11 Å². The summed E-state index contributed by atoms with van der Waals surface area (Å²) in [5.74, 6) is -3.26. The molecule has 16 heavy (non-hydrogen) atoms. The third-order valence-electron chi connectivity index (χ3n) is 2.00. The molecule has 4 heteroatoms. The van der Waals surface area contributed by atoms with Crippen LogP contribution in [-0.4, -0.2) is 24.2 Å². The van der Waals surface area contributed by atoms with Crippen LogP contribution in [0, 0.1) is 5.92 Å². The Labute approximate surface area is 93.2 Å².